The maximum Gasteiger partial charge on any atom is 0.269 e. The molecule has 5 N–H and O–H groups in total. The van der Waals surface area contributed by atoms with Crippen molar-refractivity contribution in [3.8, 4) is 5.75 Å². The SMILES string of the molecule is COC1=C(Br)C(O)C2(C=C1Br)CC(C(=O)NCCc1cc(Br)c(OCC(O)CNC(=O)C3=NOC4(C=C(Br)C(OC)=C(Br)C4O)C3)c(Br)c1)=NO2. The van der Waals surface area contributed by atoms with Crippen LogP contribution >= 0.6 is 95.6 Å². The monoisotopic (exact) mass is 1090 g/mol. The summed E-state index contributed by atoms with van der Waals surface area (Å²) < 4.78 is 19.4. The third kappa shape index (κ3) is 8.48. The average molecular weight is 1100 g/mol. The summed E-state index contributed by atoms with van der Waals surface area (Å²) in [6.07, 6.45) is 0.371. The molecule has 1 aromatic rings. The van der Waals surface area contributed by atoms with Crippen LogP contribution in [0.1, 0.15) is 18.4 Å². The zero-order chi connectivity index (χ0) is 37.2. The Morgan fingerprint density at radius 2 is 1.33 bits per heavy atom. The fourth-order valence-electron chi connectivity index (χ4n) is 5.51. The third-order valence-electron chi connectivity index (χ3n) is 8.16. The number of halogens is 6. The quantitative estimate of drug-likeness (QED) is 0.199. The van der Waals surface area contributed by atoms with E-state index < -0.39 is 41.3 Å². The minimum absolute atomic E-state index is 0.0144. The number of carbonyl (C=O) groups is 2. The summed E-state index contributed by atoms with van der Waals surface area (Å²) in [5.74, 6) is 0.275. The number of methoxy groups -OCH3 is 2. The number of nitrogens with zero attached hydrogens (tertiary/aromatic N) is 2. The van der Waals surface area contributed by atoms with Gasteiger partial charge in [-0.3, -0.25) is 9.59 Å². The second-order valence-electron chi connectivity index (χ2n) is 11.6. The molecular weight excluding hydrogens is 1070 g/mol. The Kier molecular flexibility index (Phi) is 13.2. The molecule has 20 heteroatoms. The number of ether oxygens (including phenoxy) is 3. The molecule has 0 radical (unpaired) electrons. The lowest BCUT2D eigenvalue weighted by Gasteiger charge is -2.33. The van der Waals surface area contributed by atoms with E-state index in [0.717, 1.165) is 5.56 Å². The number of aliphatic hydroxyl groups excluding tert-OH is 3. The van der Waals surface area contributed by atoms with Gasteiger partial charge in [-0.15, -0.1) is 0 Å². The molecule has 0 aromatic heterocycles. The van der Waals surface area contributed by atoms with Crippen molar-refractivity contribution in [1.29, 1.82) is 0 Å². The van der Waals surface area contributed by atoms with Crippen molar-refractivity contribution in [3.05, 3.63) is 68.2 Å². The van der Waals surface area contributed by atoms with E-state index in [1.807, 2.05) is 12.1 Å². The number of rotatable bonds is 12. The molecule has 5 rings (SSSR count). The average Bonchev–Trinajstić information content (AvgIpc) is 3.71. The van der Waals surface area contributed by atoms with Crippen molar-refractivity contribution in [2.75, 3.05) is 33.9 Å². The molecule has 2 amide bonds. The van der Waals surface area contributed by atoms with Crippen LogP contribution < -0.4 is 15.4 Å². The van der Waals surface area contributed by atoms with Gasteiger partial charge in [0.25, 0.3) is 11.8 Å². The molecule has 276 valence electrons. The van der Waals surface area contributed by atoms with Crippen molar-refractivity contribution in [3.63, 3.8) is 0 Å². The third-order valence-corrected chi connectivity index (χ3v) is 12.1. The van der Waals surface area contributed by atoms with E-state index in [1.165, 1.54) is 14.2 Å². The molecule has 2 aliphatic heterocycles. The molecule has 0 fully saturated rings. The van der Waals surface area contributed by atoms with Crippen LogP contribution in [0, 0.1) is 0 Å². The summed E-state index contributed by atoms with van der Waals surface area (Å²) in [6.45, 7) is 0.00846. The molecule has 5 atom stereocenters. The van der Waals surface area contributed by atoms with Crippen molar-refractivity contribution < 1.29 is 48.8 Å². The molecule has 51 heavy (non-hydrogen) atoms. The first-order valence-corrected chi connectivity index (χ1v) is 19.8. The molecule has 0 bridgehead atoms. The lowest BCUT2D eigenvalue weighted by atomic mass is 9.87. The van der Waals surface area contributed by atoms with Crippen molar-refractivity contribution in [1.82, 2.24) is 10.6 Å². The summed E-state index contributed by atoms with van der Waals surface area (Å²) in [4.78, 5) is 36.8. The van der Waals surface area contributed by atoms with Gasteiger partial charge in [0.2, 0.25) is 0 Å². The number of oxime groups is 2. The number of benzene rings is 1. The van der Waals surface area contributed by atoms with Crippen molar-refractivity contribution >= 4 is 119 Å². The lowest BCUT2D eigenvalue weighted by molar-refractivity contribution is -0.116. The number of hydrogen-bond donors (Lipinski definition) is 5. The Morgan fingerprint density at radius 1 is 0.863 bits per heavy atom. The van der Waals surface area contributed by atoms with Gasteiger partial charge in [-0.25, -0.2) is 0 Å². The maximum atomic E-state index is 12.9. The number of carbonyl (C=O) groups excluding carboxylic acids is 2. The molecular formula is C31H30Br6N4O10. The zero-order valence-electron chi connectivity index (χ0n) is 26.6. The van der Waals surface area contributed by atoms with Gasteiger partial charge in [0, 0.05) is 25.9 Å². The molecule has 2 spiro atoms. The standard InChI is InChI=1S/C31H30Br6N4O10/c1-47-24-17(34)7-30(26(43)21(24)36)9-19(40-50-30)28(45)38-4-3-13-5-15(32)23(16(33)6-13)49-12-14(42)11-39-29(46)20-10-31(51-41-20)8-18(35)25(48-2)22(37)27(31)44/h5-8,14,26-27,42-44H,3-4,9-12H2,1-2H3,(H,38,45)(H,39,46). The maximum absolute atomic E-state index is 12.9. The number of nitrogens with one attached hydrogen (secondary N) is 2. The van der Waals surface area contributed by atoms with Crippen LogP contribution in [-0.4, -0.2) is 102 Å². The largest absolute Gasteiger partial charge is 0.495 e. The zero-order valence-corrected chi connectivity index (χ0v) is 36.2. The minimum Gasteiger partial charge on any atom is -0.495 e. The van der Waals surface area contributed by atoms with Crippen LogP contribution in [0.5, 0.6) is 5.75 Å². The molecule has 0 saturated heterocycles. The molecule has 14 nitrogen and oxygen atoms in total. The normalized spacial score (nSPS) is 26.2. The van der Waals surface area contributed by atoms with Crippen LogP contribution in [0.25, 0.3) is 0 Å². The first kappa shape index (κ1) is 40.4. The van der Waals surface area contributed by atoms with Gasteiger partial charge in [0.15, 0.2) is 11.2 Å². The Balaban J connectivity index is 1.06. The number of allylic oxidation sites excluding steroid dienone is 2. The second-order valence-corrected chi connectivity index (χ2v) is 16.8. The second kappa shape index (κ2) is 16.7. The highest BCUT2D eigenvalue weighted by Gasteiger charge is 2.52. The minimum atomic E-state index is -1.30. The predicted molar refractivity (Wildman–Crippen MR) is 207 cm³/mol. The van der Waals surface area contributed by atoms with Crippen LogP contribution in [0.15, 0.2) is 73.0 Å². The Hall–Kier alpha value is -1.78. The van der Waals surface area contributed by atoms with Gasteiger partial charge in [-0.2, -0.15) is 0 Å². The van der Waals surface area contributed by atoms with Gasteiger partial charge in [-0.05, 0) is 132 Å². The van der Waals surface area contributed by atoms with Gasteiger partial charge in [0.1, 0.15) is 53.6 Å². The van der Waals surface area contributed by atoms with Gasteiger partial charge in [-0.1, -0.05) is 10.3 Å². The van der Waals surface area contributed by atoms with E-state index in [1.54, 1.807) is 12.2 Å². The van der Waals surface area contributed by atoms with Gasteiger partial charge < -0.3 is 49.8 Å². The van der Waals surface area contributed by atoms with Crippen LogP contribution in [0.2, 0.25) is 0 Å². The van der Waals surface area contributed by atoms with Gasteiger partial charge in [0.05, 0.1) is 41.1 Å². The van der Waals surface area contributed by atoms with Gasteiger partial charge >= 0.3 is 0 Å². The molecule has 4 aliphatic rings. The molecule has 5 unspecified atom stereocenters. The Bertz CT molecular complexity index is 1780. The predicted octanol–water partition coefficient (Wildman–Crippen LogP) is 4.57. The smallest absolute Gasteiger partial charge is 0.269 e. The summed E-state index contributed by atoms with van der Waals surface area (Å²) in [7, 11) is 2.94. The van der Waals surface area contributed by atoms with E-state index >= 15 is 0 Å². The Labute approximate surface area is 342 Å². The van der Waals surface area contributed by atoms with Crippen LogP contribution in [-0.2, 0) is 35.2 Å². The summed E-state index contributed by atoms with van der Waals surface area (Å²) >= 11 is 20.5. The van der Waals surface area contributed by atoms with Crippen LogP contribution in [0.3, 0.4) is 0 Å². The highest BCUT2D eigenvalue weighted by atomic mass is 79.9. The molecule has 0 saturated carbocycles. The first-order chi connectivity index (χ1) is 24.1. The summed E-state index contributed by atoms with van der Waals surface area (Å²) in [5.41, 5.74) is -1.49. The lowest BCUT2D eigenvalue weighted by Crippen LogP contribution is -2.45. The fraction of sp³-hybridized carbons (Fsp3) is 0.419. The molecule has 2 aliphatic carbocycles. The van der Waals surface area contributed by atoms with E-state index in [0.29, 0.717) is 50.6 Å². The molecule has 1 aromatic carbocycles. The number of amides is 2. The summed E-state index contributed by atoms with van der Waals surface area (Å²) in [5, 5.41) is 45.4. The highest BCUT2D eigenvalue weighted by Crippen LogP contribution is 2.45. The summed E-state index contributed by atoms with van der Waals surface area (Å²) in [6, 6.07) is 3.65. The van der Waals surface area contributed by atoms with E-state index in [4.69, 9.17) is 23.9 Å². The topological polar surface area (TPSA) is 190 Å². The number of hydrogen-bond acceptors (Lipinski definition) is 12. The Morgan fingerprint density at radius 3 is 1.80 bits per heavy atom. The fourth-order valence-corrected chi connectivity index (χ4v) is 10.6. The van der Waals surface area contributed by atoms with Crippen molar-refractivity contribution in [2.24, 2.45) is 10.3 Å². The van der Waals surface area contributed by atoms with Crippen molar-refractivity contribution in [2.45, 2.75) is 48.8 Å². The highest BCUT2D eigenvalue weighted by molar-refractivity contribution is 9.12. The number of aliphatic hydroxyl groups is 3. The molecule has 2 heterocycles. The van der Waals surface area contributed by atoms with E-state index in [9.17, 15) is 24.9 Å². The van der Waals surface area contributed by atoms with E-state index in [-0.39, 0.29) is 44.0 Å². The van der Waals surface area contributed by atoms with E-state index in [2.05, 4.69) is 117 Å². The van der Waals surface area contributed by atoms with Crippen LogP contribution in [0.4, 0.5) is 0 Å². The first-order valence-electron chi connectivity index (χ1n) is 15.0.